The first-order valence-corrected chi connectivity index (χ1v) is 5.13. The predicted molar refractivity (Wildman–Crippen MR) is 57.9 cm³/mol. The molecule has 0 fully saturated rings. The van der Waals surface area contributed by atoms with Crippen LogP contribution in [-0.2, 0) is 16.0 Å². The normalized spacial score (nSPS) is 11.1. The lowest BCUT2D eigenvalue weighted by Crippen LogP contribution is -2.19. The summed E-state index contributed by atoms with van der Waals surface area (Å²) in [6.07, 6.45) is -3.91. The highest BCUT2D eigenvalue weighted by Gasteiger charge is 2.33. The molecule has 1 heterocycles. The molecule has 0 amide bonds. The number of alkyl halides is 3. The number of pyridine rings is 1. The number of rotatable bonds is 4. The molecular formula is C11H12F3NO4. The van der Waals surface area contributed by atoms with Gasteiger partial charge in [0.2, 0.25) is 5.88 Å². The van der Waals surface area contributed by atoms with E-state index >= 15 is 0 Å². The molecule has 0 aromatic carbocycles. The maximum absolute atomic E-state index is 12.1. The van der Waals surface area contributed by atoms with Gasteiger partial charge < -0.3 is 14.2 Å². The quantitative estimate of drug-likeness (QED) is 0.789. The summed E-state index contributed by atoms with van der Waals surface area (Å²) in [5, 5.41) is 0. The third kappa shape index (κ3) is 4.01. The van der Waals surface area contributed by atoms with Crippen molar-refractivity contribution in [3.05, 3.63) is 17.3 Å². The fourth-order valence-electron chi connectivity index (χ4n) is 1.48. The van der Waals surface area contributed by atoms with Crippen LogP contribution in [0.25, 0.3) is 0 Å². The maximum Gasteiger partial charge on any atom is 0.574 e. The summed E-state index contributed by atoms with van der Waals surface area (Å²) in [6.45, 7) is 1.35. The van der Waals surface area contributed by atoms with Crippen LogP contribution < -0.4 is 9.47 Å². The van der Waals surface area contributed by atoms with Crippen molar-refractivity contribution in [2.45, 2.75) is 19.7 Å². The zero-order valence-corrected chi connectivity index (χ0v) is 10.5. The first kappa shape index (κ1) is 15.1. The van der Waals surface area contributed by atoms with E-state index in [0.29, 0.717) is 5.56 Å². The molecule has 1 aromatic rings. The van der Waals surface area contributed by atoms with Crippen molar-refractivity contribution in [2.24, 2.45) is 0 Å². The number of esters is 1. The molecule has 0 saturated carbocycles. The van der Waals surface area contributed by atoms with Crippen molar-refractivity contribution >= 4 is 5.97 Å². The number of halogens is 3. The second kappa shape index (κ2) is 5.77. The Morgan fingerprint density at radius 3 is 2.47 bits per heavy atom. The molecule has 8 heteroatoms. The minimum absolute atomic E-state index is 0.0567. The predicted octanol–water partition coefficient (Wildman–Crippen LogP) is 2.01. The van der Waals surface area contributed by atoms with E-state index < -0.39 is 18.2 Å². The van der Waals surface area contributed by atoms with Gasteiger partial charge in [-0.2, -0.15) is 0 Å². The monoisotopic (exact) mass is 279 g/mol. The first-order chi connectivity index (χ1) is 8.78. The molecule has 0 radical (unpaired) electrons. The molecule has 0 bridgehead atoms. The van der Waals surface area contributed by atoms with Crippen LogP contribution in [0.15, 0.2) is 6.20 Å². The minimum Gasteiger partial charge on any atom is -0.496 e. The van der Waals surface area contributed by atoms with Crippen molar-refractivity contribution in [2.75, 3.05) is 14.2 Å². The zero-order chi connectivity index (χ0) is 14.6. The van der Waals surface area contributed by atoms with Gasteiger partial charge in [-0.25, -0.2) is 4.98 Å². The van der Waals surface area contributed by atoms with E-state index in [1.54, 1.807) is 0 Å². The molecule has 0 spiro atoms. The molecule has 0 aliphatic heterocycles. The molecule has 5 nitrogen and oxygen atoms in total. The lowest BCUT2D eigenvalue weighted by Gasteiger charge is -2.15. The third-order valence-corrected chi connectivity index (χ3v) is 2.27. The Labute approximate surface area is 107 Å². The van der Waals surface area contributed by atoms with Crippen LogP contribution in [0.1, 0.15) is 11.1 Å². The Kier molecular flexibility index (Phi) is 4.57. The van der Waals surface area contributed by atoms with Crippen molar-refractivity contribution < 1.29 is 32.2 Å². The molecule has 1 rings (SSSR count). The van der Waals surface area contributed by atoms with E-state index in [1.807, 2.05) is 0 Å². The first-order valence-electron chi connectivity index (χ1n) is 5.13. The number of hydrogen-bond acceptors (Lipinski definition) is 5. The van der Waals surface area contributed by atoms with Crippen LogP contribution in [0.2, 0.25) is 0 Å². The molecule has 0 aliphatic carbocycles. The van der Waals surface area contributed by atoms with Gasteiger partial charge in [0.1, 0.15) is 5.75 Å². The van der Waals surface area contributed by atoms with Crippen molar-refractivity contribution in [1.82, 2.24) is 4.98 Å². The highest BCUT2D eigenvalue weighted by Crippen LogP contribution is 2.32. The van der Waals surface area contributed by atoms with E-state index in [-0.39, 0.29) is 17.7 Å². The Morgan fingerprint density at radius 2 is 2.00 bits per heavy atom. The maximum atomic E-state index is 12.1. The van der Waals surface area contributed by atoms with Gasteiger partial charge in [-0.15, -0.1) is 13.2 Å². The molecule has 0 saturated heterocycles. The van der Waals surface area contributed by atoms with Gasteiger partial charge in [0.15, 0.2) is 0 Å². The summed E-state index contributed by atoms with van der Waals surface area (Å²) < 4.78 is 49.6. The average Bonchev–Trinajstić information content (AvgIpc) is 2.31. The Bertz CT molecular complexity index is 474. The number of carbonyl (C=O) groups excluding carboxylic acids is 1. The van der Waals surface area contributed by atoms with Crippen LogP contribution in [0, 0.1) is 6.92 Å². The molecule has 0 unspecified atom stereocenters. The van der Waals surface area contributed by atoms with Crippen LogP contribution in [0.3, 0.4) is 0 Å². The van der Waals surface area contributed by atoms with E-state index in [4.69, 9.17) is 4.74 Å². The summed E-state index contributed by atoms with van der Waals surface area (Å²) in [5.74, 6) is -1.05. The van der Waals surface area contributed by atoms with E-state index in [1.165, 1.54) is 21.1 Å². The number of carbonyl (C=O) groups is 1. The van der Waals surface area contributed by atoms with Gasteiger partial charge in [-0.05, 0) is 6.92 Å². The summed E-state index contributed by atoms with van der Waals surface area (Å²) >= 11 is 0. The summed E-state index contributed by atoms with van der Waals surface area (Å²) in [4.78, 5) is 14.7. The zero-order valence-electron chi connectivity index (χ0n) is 10.5. The fourth-order valence-corrected chi connectivity index (χ4v) is 1.48. The lowest BCUT2D eigenvalue weighted by molar-refractivity contribution is -0.276. The minimum atomic E-state index is -4.84. The number of ether oxygens (including phenoxy) is 3. The molecular weight excluding hydrogens is 267 g/mol. The van der Waals surface area contributed by atoms with E-state index in [0.717, 1.165) is 6.20 Å². The molecule has 19 heavy (non-hydrogen) atoms. The molecule has 0 aliphatic rings. The average molecular weight is 279 g/mol. The highest BCUT2D eigenvalue weighted by atomic mass is 19.4. The summed E-state index contributed by atoms with van der Waals surface area (Å²) in [5.41, 5.74) is 0.377. The van der Waals surface area contributed by atoms with Gasteiger partial charge >= 0.3 is 12.3 Å². The van der Waals surface area contributed by atoms with Crippen LogP contribution in [-0.4, -0.2) is 31.5 Å². The van der Waals surface area contributed by atoms with Crippen LogP contribution >= 0.6 is 0 Å². The van der Waals surface area contributed by atoms with E-state index in [9.17, 15) is 18.0 Å². The SMILES string of the molecule is COC(=O)Cc1cnc(OC(F)(F)F)c(C)c1OC. The van der Waals surface area contributed by atoms with Gasteiger partial charge in [0.05, 0.1) is 26.2 Å². The summed E-state index contributed by atoms with van der Waals surface area (Å²) in [7, 11) is 2.48. The highest BCUT2D eigenvalue weighted by molar-refractivity contribution is 5.73. The third-order valence-electron chi connectivity index (χ3n) is 2.27. The Hall–Kier alpha value is -1.99. The van der Waals surface area contributed by atoms with Gasteiger partial charge in [0.25, 0.3) is 0 Å². The van der Waals surface area contributed by atoms with E-state index in [2.05, 4.69) is 14.5 Å². The molecule has 1 aromatic heterocycles. The van der Waals surface area contributed by atoms with Gasteiger partial charge in [-0.3, -0.25) is 4.79 Å². The topological polar surface area (TPSA) is 57.7 Å². The molecule has 0 N–H and O–H groups in total. The Balaban J connectivity index is 3.12. The number of methoxy groups -OCH3 is 2. The fraction of sp³-hybridized carbons (Fsp3) is 0.455. The van der Waals surface area contributed by atoms with Gasteiger partial charge in [0, 0.05) is 11.8 Å². The molecule has 0 atom stereocenters. The van der Waals surface area contributed by atoms with Gasteiger partial charge in [-0.1, -0.05) is 0 Å². The number of aromatic nitrogens is 1. The van der Waals surface area contributed by atoms with Crippen molar-refractivity contribution in [3.63, 3.8) is 0 Å². The molecule has 106 valence electrons. The van der Waals surface area contributed by atoms with Crippen LogP contribution in [0.4, 0.5) is 13.2 Å². The van der Waals surface area contributed by atoms with Crippen molar-refractivity contribution in [1.29, 1.82) is 0 Å². The van der Waals surface area contributed by atoms with Crippen LogP contribution in [0.5, 0.6) is 11.6 Å². The standard InChI is InChI=1S/C11H12F3NO4/c1-6-9(18-3)7(4-8(16)17-2)5-15-10(6)19-11(12,13)14/h5H,4H2,1-3H3. The Morgan fingerprint density at radius 1 is 1.37 bits per heavy atom. The smallest absolute Gasteiger partial charge is 0.496 e. The second-order valence-corrected chi connectivity index (χ2v) is 3.55. The van der Waals surface area contributed by atoms with Crippen molar-refractivity contribution in [3.8, 4) is 11.6 Å². The number of hydrogen-bond donors (Lipinski definition) is 0. The summed E-state index contributed by atoms with van der Waals surface area (Å²) in [6, 6.07) is 0. The number of nitrogens with zero attached hydrogens (tertiary/aromatic N) is 1. The largest absolute Gasteiger partial charge is 0.574 e. The second-order valence-electron chi connectivity index (χ2n) is 3.55. The lowest BCUT2D eigenvalue weighted by atomic mass is 10.1.